The third kappa shape index (κ3) is 0.907. The molecule has 0 atom stereocenters. The molecule has 51 valence electrons. The van der Waals surface area contributed by atoms with E-state index < -0.39 is 6.03 Å². The van der Waals surface area contributed by atoms with Crippen LogP contribution in [0.25, 0.3) is 0 Å². The van der Waals surface area contributed by atoms with Gasteiger partial charge in [-0.05, 0) is 12.1 Å². The summed E-state index contributed by atoms with van der Waals surface area (Å²) in [6.45, 7) is 0. The van der Waals surface area contributed by atoms with E-state index in [0.717, 1.165) is 4.57 Å². The van der Waals surface area contributed by atoms with E-state index in [1.54, 1.807) is 12.4 Å². The Kier molecular flexibility index (Phi) is 1.53. The zero-order chi connectivity index (χ0) is 7.56. The molecule has 0 aromatic carbocycles. The first-order chi connectivity index (χ1) is 4.75. The number of aromatic nitrogens is 1. The van der Waals surface area contributed by atoms with Crippen LogP contribution in [-0.2, 0) is 4.79 Å². The lowest BCUT2D eigenvalue weighted by molar-refractivity contribution is 0.250. The highest BCUT2D eigenvalue weighted by molar-refractivity contribution is 5.84. The van der Waals surface area contributed by atoms with Crippen molar-refractivity contribution in [3.8, 4) is 0 Å². The van der Waals surface area contributed by atoms with Crippen LogP contribution >= 0.6 is 0 Å². The fourth-order valence-electron chi connectivity index (χ4n) is 0.656. The Morgan fingerprint density at radius 3 is 2.80 bits per heavy atom. The van der Waals surface area contributed by atoms with Gasteiger partial charge in [0.05, 0.1) is 0 Å². The zero-order valence-corrected chi connectivity index (χ0v) is 5.07. The molecule has 0 aliphatic carbocycles. The van der Waals surface area contributed by atoms with Gasteiger partial charge in [0, 0.05) is 6.20 Å². The summed E-state index contributed by atoms with van der Waals surface area (Å²) in [6, 6.07) is 2.33. The number of carbonyl (C=O) groups is 1. The molecule has 0 saturated heterocycles. The third-order valence-electron chi connectivity index (χ3n) is 1.09. The van der Waals surface area contributed by atoms with E-state index in [1.165, 1.54) is 12.3 Å². The average Bonchev–Trinajstić information content (AvgIpc) is 2.33. The Morgan fingerprint density at radius 2 is 2.40 bits per heavy atom. The van der Waals surface area contributed by atoms with Gasteiger partial charge in [-0.25, -0.2) is 4.79 Å². The summed E-state index contributed by atoms with van der Waals surface area (Å²) >= 11 is 0. The Bertz CT molecular complexity index is 264. The molecule has 1 rings (SSSR count). The van der Waals surface area contributed by atoms with Gasteiger partial charge in [0.25, 0.3) is 6.29 Å². The number of hydrogen-bond donors (Lipinski definition) is 1. The molecule has 10 heavy (non-hydrogen) atoms. The fourth-order valence-corrected chi connectivity index (χ4v) is 0.656. The van der Waals surface area contributed by atoms with E-state index in [1.807, 2.05) is 0 Å². The molecule has 1 amide bonds. The van der Waals surface area contributed by atoms with Gasteiger partial charge in [-0.15, -0.1) is 0 Å². The molecule has 0 spiro atoms. The second-order valence-corrected chi connectivity index (χ2v) is 1.70. The number of primary amides is 1. The van der Waals surface area contributed by atoms with Crippen molar-refractivity contribution >= 4 is 12.3 Å². The SMILES string of the molecule is NC(=O)n1cccc1[C]=O. The number of carbonyl (C=O) groups excluding carboxylic acids is 2. The summed E-state index contributed by atoms with van der Waals surface area (Å²) in [5.41, 5.74) is 5.03. The van der Waals surface area contributed by atoms with Crippen molar-refractivity contribution in [3.05, 3.63) is 24.0 Å². The number of rotatable bonds is 1. The zero-order valence-electron chi connectivity index (χ0n) is 5.07. The lowest BCUT2D eigenvalue weighted by Gasteiger charge is -1.94. The molecule has 4 nitrogen and oxygen atoms in total. The monoisotopic (exact) mass is 137 g/mol. The van der Waals surface area contributed by atoms with E-state index in [9.17, 15) is 9.59 Å². The van der Waals surface area contributed by atoms with Gasteiger partial charge < -0.3 is 5.73 Å². The van der Waals surface area contributed by atoms with E-state index in [-0.39, 0.29) is 5.69 Å². The van der Waals surface area contributed by atoms with Crippen molar-refractivity contribution < 1.29 is 9.59 Å². The number of nitrogens with two attached hydrogens (primary N) is 1. The Balaban J connectivity index is 3.13. The van der Waals surface area contributed by atoms with Gasteiger partial charge >= 0.3 is 6.03 Å². The molecular formula is C6H5N2O2. The summed E-state index contributed by atoms with van der Waals surface area (Å²) in [6.07, 6.45) is 2.97. The third-order valence-corrected chi connectivity index (χ3v) is 1.09. The summed E-state index contributed by atoms with van der Waals surface area (Å²) in [7, 11) is 0. The largest absolute Gasteiger partial charge is 0.351 e. The number of hydrogen-bond acceptors (Lipinski definition) is 2. The fraction of sp³-hybridized carbons (Fsp3) is 0. The lowest BCUT2D eigenvalue weighted by Crippen LogP contribution is -2.20. The molecular weight excluding hydrogens is 132 g/mol. The summed E-state index contributed by atoms with van der Waals surface area (Å²) in [5.74, 6) is 0. The minimum absolute atomic E-state index is 0.146. The van der Waals surface area contributed by atoms with Crippen molar-refractivity contribution in [2.24, 2.45) is 5.73 Å². The maximum atomic E-state index is 10.4. The van der Waals surface area contributed by atoms with E-state index in [0.29, 0.717) is 0 Å². The topological polar surface area (TPSA) is 65.1 Å². The summed E-state index contributed by atoms with van der Waals surface area (Å²) in [5, 5.41) is 0. The summed E-state index contributed by atoms with van der Waals surface area (Å²) in [4.78, 5) is 20.5. The highest BCUT2D eigenvalue weighted by Crippen LogP contribution is 1.95. The van der Waals surface area contributed by atoms with Crippen LogP contribution in [-0.4, -0.2) is 16.9 Å². The van der Waals surface area contributed by atoms with Crippen molar-refractivity contribution in [1.29, 1.82) is 0 Å². The first-order valence-electron chi connectivity index (χ1n) is 2.61. The van der Waals surface area contributed by atoms with Crippen LogP contribution in [0.1, 0.15) is 5.69 Å². The summed E-state index contributed by atoms with van der Waals surface area (Å²) < 4.78 is 1.02. The molecule has 0 aliphatic rings. The number of amides is 1. The number of nitrogens with zero attached hydrogens (tertiary/aromatic N) is 1. The molecule has 0 unspecified atom stereocenters. The Labute approximate surface area is 57.2 Å². The standard InChI is InChI=1S/C6H5N2O2/c7-6(10)8-3-1-2-5(8)4-9/h1-3H,(H2,7,10). The molecule has 4 heteroatoms. The second kappa shape index (κ2) is 2.34. The minimum atomic E-state index is -0.677. The van der Waals surface area contributed by atoms with Gasteiger partial charge in [0.15, 0.2) is 0 Å². The molecule has 1 aromatic heterocycles. The molecule has 1 aromatic rings. The molecule has 0 fully saturated rings. The second-order valence-electron chi connectivity index (χ2n) is 1.70. The van der Waals surface area contributed by atoms with Gasteiger partial charge in [-0.3, -0.25) is 9.36 Å². The molecule has 2 N–H and O–H groups in total. The van der Waals surface area contributed by atoms with Crippen LogP contribution < -0.4 is 5.73 Å². The van der Waals surface area contributed by atoms with Crippen molar-refractivity contribution in [2.45, 2.75) is 0 Å². The van der Waals surface area contributed by atoms with E-state index >= 15 is 0 Å². The maximum Gasteiger partial charge on any atom is 0.323 e. The molecule has 1 heterocycles. The van der Waals surface area contributed by atoms with Crippen molar-refractivity contribution in [2.75, 3.05) is 0 Å². The van der Waals surface area contributed by atoms with Crippen LogP contribution in [0.15, 0.2) is 18.3 Å². The van der Waals surface area contributed by atoms with Crippen molar-refractivity contribution in [1.82, 2.24) is 4.57 Å². The van der Waals surface area contributed by atoms with Crippen LogP contribution in [0.3, 0.4) is 0 Å². The molecule has 0 saturated carbocycles. The van der Waals surface area contributed by atoms with Gasteiger partial charge in [-0.1, -0.05) is 0 Å². The van der Waals surface area contributed by atoms with Gasteiger partial charge in [-0.2, -0.15) is 0 Å². The predicted molar refractivity (Wildman–Crippen MR) is 34.2 cm³/mol. The lowest BCUT2D eigenvalue weighted by atomic mass is 10.5. The molecule has 1 radical (unpaired) electrons. The highest BCUT2D eigenvalue weighted by Gasteiger charge is 2.02. The molecule has 0 aliphatic heterocycles. The van der Waals surface area contributed by atoms with Crippen LogP contribution in [0.5, 0.6) is 0 Å². The molecule has 0 bridgehead atoms. The van der Waals surface area contributed by atoms with Crippen molar-refractivity contribution in [3.63, 3.8) is 0 Å². The van der Waals surface area contributed by atoms with Crippen LogP contribution in [0, 0.1) is 0 Å². The maximum absolute atomic E-state index is 10.4. The normalized spacial score (nSPS) is 9.20. The van der Waals surface area contributed by atoms with Gasteiger partial charge in [0.2, 0.25) is 0 Å². The van der Waals surface area contributed by atoms with E-state index in [4.69, 9.17) is 5.73 Å². The minimum Gasteiger partial charge on any atom is -0.351 e. The van der Waals surface area contributed by atoms with Gasteiger partial charge in [0.1, 0.15) is 5.69 Å². The predicted octanol–water partition coefficient (Wildman–Crippen LogP) is -0.127. The Morgan fingerprint density at radius 1 is 1.70 bits per heavy atom. The first-order valence-corrected chi connectivity index (χ1v) is 2.61. The first kappa shape index (κ1) is 6.54. The van der Waals surface area contributed by atoms with Crippen LogP contribution in [0.4, 0.5) is 4.79 Å². The average molecular weight is 137 g/mol. The Hall–Kier alpha value is -1.58. The van der Waals surface area contributed by atoms with Crippen LogP contribution in [0.2, 0.25) is 0 Å². The highest BCUT2D eigenvalue weighted by atomic mass is 16.2. The van der Waals surface area contributed by atoms with E-state index in [2.05, 4.69) is 0 Å². The smallest absolute Gasteiger partial charge is 0.323 e. The quantitative estimate of drug-likeness (QED) is 0.586.